The van der Waals surface area contributed by atoms with Gasteiger partial charge in [-0.3, -0.25) is 4.79 Å². The van der Waals surface area contributed by atoms with Gasteiger partial charge in [0.25, 0.3) is 5.56 Å². The lowest BCUT2D eigenvalue weighted by atomic mass is 9.88. The van der Waals surface area contributed by atoms with Crippen LogP contribution in [0.3, 0.4) is 0 Å². The van der Waals surface area contributed by atoms with Crippen LogP contribution in [0.15, 0.2) is 81.1 Å². The highest BCUT2D eigenvalue weighted by atomic mass is 79.9. The molecule has 0 unspecified atom stereocenters. The summed E-state index contributed by atoms with van der Waals surface area (Å²) in [6.45, 7) is 0.403. The molecule has 1 heterocycles. The fourth-order valence-corrected chi connectivity index (χ4v) is 4.94. The lowest BCUT2D eigenvalue weighted by molar-refractivity contribution is 0.306. The molecule has 5 nitrogen and oxygen atoms in total. The van der Waals surface area contributed by atoms with E-state index in [1.165, 1.54) is 11.1 Å². The van der Waals surface area contributed by atoms with E-state index in [0.29, 0.717) is 33.8 Å². The molecule has 0 spiro atoms. The second-order valence-corrected chi connectivity index (χ2v) is 10.1. The Morgan fingerprint density at radius 1 is 1.06 bits per heavy atom. The monoisotopic (exact) mass is 549 g/mol. The molecule has 0 amide bonds. The molecule has 35 heavy (non-hydrogen) atoms. The molecule has 7 heteroatoms. The topological polar surface area (TPSA) is 56.5 Å². The van der Waals surface area contributed by atoms with Crippen LogP contribution in [0.1, 0.15) is 55.0 Å². The summed E-state index contributed by atoms with van der Waals surface area (Å²) in [5.41, 5.74) is 2.29. The molecular weight excluding hydrogens is 526 g/mol. The maximum absolute atomic E-state index is 13.5. The van der Waals surface area contributed by atoms with Crippen LogP contribution in [0.5, 0.6) is 5.75 Å². The minimum absolute atomic E-state index is 0.160. The number of aromatic nitrogens is 2. The first-order chi connectivity index (χ1) is 17.1. The Labute approximate surface area is 217 Å². The molecule has 0 N–H and O–H groups in total. The number of ether oxygens (including phenoxy) is 1. The largest absolute Gasteiger partial charge is 0.488 e. The number of fused-ring (bicyclic) bond motifs is 1. The first-order valence-corrected chi connectivity index (χ1v) is 13.0. The molecule has 4 aromatic rings. The summed E-state index contributed by atoms with van der Waals surface area (Å²) in [7, 11) is 0. The van der Waals surface area contributed by atoms with Crippen LogP contribution in [0, 0.1) is 0 Å². The summed E-state index contributed by atoms with van der Waals surface area (Å²) in [5.74, 6) is 1.58. The van der Waals surface area contributed by atoms with E-state index < -0.39 is 0 Å². The van der Waals surface area contributed by atoms with Crippen molar-refractivity contribution in [2.75, 3.05) is 0 Å². The molecule has 0 atom stereocenters. The fraction of sp³-hybridized carbons (Fsp3) is 0.250. The minimum Gasteiger partial charge on any atom is -0.488 e. The third kappa shape index (κ3) is 5.49. The molecule has 1 fully saturated rings. The van der Waals surface area contributed by atoms with E-state index in [4.69, 9.17) is 21.3 Å². The van der Waals surface area contributed by atoms with Gasteiger partial charge >= 0.3 is 0 Å². The van der Waals surface area contributed by atoms with Crippen molar-refractivity contribution in [3.8, 4) is 5.75 Å². The van der Waals surface area contributed by atoms with Crippen LogP contribution in [-0.2, 0) is 6.61 Å². The van der Waals surface area contributed by atoms with Crippen LogP contribution in [-0.4, -0.2) is 15.9 Å². The van der Waals surface area contributed by atoms with Crippen molar-refractivity contribution in [1.29, 1.82) is 0 Å². The molecule has 0 bridgehead atoms. The summed E-state index contributed by atoms with van der Waals surface area (Å²) >= 11 is 9.75. The maximum atomic E-state index is 13.5. The first-order valence-electron chi connectivity index (χ1n) is 11.8. The van der Waals surface area contributed by atoms with Gasteiger partial charge < -0.3 is 4.74 Å². The predicted molar refractivity (Wildman–Crippen MR) is 145 cm³/mol. The second-order valence-electron chi connectivity index (χ2n) is 8.78. The van der Waals surface area contributed by atoms with Crippen LogP contribution >= 0.6 is 27.5 Å². The van der Waals surface area contributed by atoms with E-state index in [0.717, 1.165) is 41.5 Å². The van der Waals surface area contributed by atoms with Gasteiger partial charge in [-0.15, -0.1) is 0 Å². The summed E-state index contributed by atoms with van der Waals surface area (Å²) in [6, 6.07) is 20.8. The van der Waals surface area contributed by atoms with Gasteiger partial charge in [0.2, 0.25) is 0 Å². The number of para-hydroxylation sites is 1. The van der Waals surface area contributed by atoms with Crippen molar-refractivity contribution in [3.05, 3.63) is 104 Å². The van der Waals surface area contributed by atoms with Gasteiger partial charge in [0.15, 0.2) is 0 Å². The third-order valence-corrected chi connectivity index (χ3v) is 7.10. The van der Waals surface area contributed by atoms with Gasteiger partial charge in [0.1, 0.15) is 18.2 Å². The summed E-state index contributed by atoms with van der Waals surface area (Å²) in [5, 5.41) is 5.77. The van der Waals surface area contributed by atoms with Crippen molar-refractivity contribution in [2.45, 2.75) is 44.6 Å². The van der Waals surface area contributed by atoms with Gasteiger partial charge in [0.05, 0.1) is 17.1 Å². The number of nitrogens with zero attached hydrogens (tertiary/aromatic N) is 3. The third-order valence-electron chi connectivity index (χ3n) is 6.34. The van der Waals surface area contributed by atoms with E-state index in [9.17, 15) is 4.79 Å². The molecule has 178 valence electrons. The lowest BCUT2D eigenvalue weighted by Crippen LogP contribution is -2.25. The minimum atomic E-state index is -0.160. The van der Waals surface area contributed by atoms with Crippen molar-refractivity contribution in [3.63, 3.8) is 0 Å². The molecule has 1 saturated carbocycles. The Hall–Kier alpha value is -2.96. The molecule has 0 radical (unpaired) electrons. The molecule has 0 saturated heterocycles. The van der Waals surface area contributed by atoms with E-state index in [2.05, 4.69) is 21.0 Å². The van der Waals surface area contributed by atoms with Gasteiger partial charge in [-0.2, -0.15) is 9.78 Å². The number of rotatable bonds is 6. The zero-order valence-corrected chi connectivity index (χ0v) is 21.5. The molecule has 1 aliphatic carbocycles. The Morgan fingerprint density at radius 3 is 2.63 bits per heavy atom. The van der Waals surface area contributed by atoms with Crippen LogP contribution in [0.25, 0.3) is 10.9 Å². The highest BCUT2D eigenvalue weighted by Gasteiger charge is 2.22. The average Bonchev–Trinajstić information content (AvgIpc) is 2.89. The summed E-state index contributed by atoms with van der Waals surface area (Å²) < 4.78 is 8.57. The Morgan fingerprint density at radius 2 is 1.83 bits per heavy atom. The number of benzene rings is 3. The maximum Gasteiger partial charge on any atom is 0.282 e. The lowest BCUT2D eigenvalue weighted by Gasteiger charge is -2.22. The van der Waals surface area contributed by atoms with Gasteiger partial charge in [-0.25, -0.2) is 4.98 Å². The molecule has 0 aliphatic heterocycles. The Balaban J connectivity index is 1.51. The van der Waals surface area contributed by atoms with Crippen LogP contribution < -0.4 is 10.3 Å². The molecule has 3 aromatic carbocycles. The highest BCUT2D eigenvalue weighted by Crippen LogP contribution is 2.32. The van der Waals surface area contributed by atoms with Crippen molar-refractivity contribution < 1.29 is 4.74 Å². The normalized spacial score (nSPS) is 14.6. The number of halogens is 2. The highest BCUT2D eigenvalue weighted by molar-refractivity contribution is 9.10. The molecule has 5 rings (SSSR count). The zero-order chi connectivity index (χ0) is 24.2. The fourth-order valence-electron chi connectivity index (χ4n) is 4.49. The summed E-state index contributed by atoms with van der Waals surface area (Å²) in [4.78, 5) is 18.3. The quantitative estimate of drug-likeness (QED) is 0.236. The van der Waals surface area contributed by atoms with Crippen molar-refractivity contribution in [1.82, 2.24) is 9.66 Å². The number of hydrogen-bond donors (Lipinski definition) is 0. The SMILES string of the molecule is O=c1c2ccccc2nc(C2CCCCC2)n1N=Cc1cc(Cl)ccc1OCc1ccc(Br)cc1. The first kappa shape index (κ1) is 23.8. The van der Waals surface area contributed by atoms with Gasteiger partial charge in [0, 0.05) is 21.0 Å². The predicted octanol–water partition coefficient (Wildman–Crippen LogP) is 7.32. The molecule has 1 aliphatic rings. The van der Waals surface area contributed by atoms with Crippen molar-refractivity contribution in [2.24, 2.45) is 5.10 Å². The standard InChI is InChI=1S/C28H25BrClN3O2/c29-22-12-10-19(11-13-22)18-35-26-15-14-23(30)16-21(26)17-31-33-27(20-6-2-1-3-7-20)32-25-9-5-4-8-24(25)28(33)34/h4-5,8-17,20H,1-3,6-7,18H2. The molecule has 1 aromatic heterocycles. The average molecular weight is 551 g/mol. The smallest absolute Gasteiger partial charge is 0.282 e. The summed E-state index contributed by atoms with van der Waals surface area (Å²) in [6.07, 6.45) is 7.17. The Kier molecular flexibility index (Phi) is 7.30. The van der Waals surface area contributed by atoms with E-state index >= 15 is 0 Å². The zero-order valence-electron chi connectivity index (χ0n) is 19.2. The molecular formula is C28H25BrClN3O2. The van der Waals surface area contributed by atoms with E-state index in [1.807, 2.05) is 48.5 Å². The van der Waals surface area contributed by atoms with Gasteiger partial charge in [-0.05, 0) is 60.9 Å². The van der Waals surface area contributed by atoms with Crippen LogP contribution in [0.2, 0.25) is 5.02 Å². The second kappa shape index (κ2) is 10.8. The van der Waals surface area contributed by atoms with Crippen molar-refractivity contribution >= 4 is 44.6 Å². The van der Waals surface area contributed by atoms with Crippen LogP contribution in [0.4, 0.5) is 0 Å². The van der Waals surface area contributed by atoms with E-state index in [1.54, 1.807) is 24.4 Å². The number of hydrogen-bond acceptors (Lipinski definition) is 4. The van der Waals surface area contributed by atoms with E-state index in [-0.39, 0.29) is 11.5 Å². The van der Waals surface area contributed by atoms with Gasteiger partial charge in [-0.1, -0.05) is 71.1 Å². The Bertz CT molecular complexity index is 1430.